The van der Waals surface area contributed by atoms with Crippen LogP contribution < -0.4 is 21.3 Å². The highest BCUT2D eigenvalue weighted by atomic mass is 31.2. The maximum Gasteiger partial charge on any atom is 0.472 e. The molecule has 0 aromatic rings. The summed E-state index contributed by atoms with van der Waals surface area (Å²) >= 11 is 0. The van der Waals surface area contributed by atoms with E-state index >= 15 is 0 Å². The number of phosphoric ester groups is 2. The lowest BCUT2D eigenvalue weighted by Gasteiger charge is -2.22. The third-order valence-corrected chi connectivity index (χ3v) is 22.6. The van der Waals surface area contributed by atoms with Crippen molar-refractivity contribution in [3.63, 3.8) is 0 Å². The SMILES string of the molecule is CCCCCC/C=C\CCCC(=O)O[C@H](CCCCCCC)CCOCC(COP(=O)(O)OCCNC(=O)C(CCCCC)C(=O)NCCOP(=O)(O)OCC(COCC[C@@H](CCCCCCC)OC(=O)CCC/C=C\CCCCCC)NC(=O)CCCCCCCCCCCCC)NC(=O)CCCCCCCCCCCCC. The molecule has 4 amide bonds. The summed E-state index contributed by atoms with van der Waals surface area (Å²) < 4.78 is 72.5. The summed E-state index contributed by atoms with van der Waals surface area (Å²) in [7, 11) is -9.54. The number of nitrogens with one attached hydrogen (secondary N) is 4. The summed E-state index contributed by atoms with van der Waals surface area (Å²) in [6.07, 6.45) is 64.2. The molecule has 0 bridgehead atoms. The van der Waals surface area contributed by atoms with Crippen molar-refractivity contribution in [1.29, 1.82) is 0 Å². The van der Waals surface area contributed by atoms with E-state index in [0.717, 1.165) is 141 Å². The number of hydrogen-bond acceptors (Lipinski definition) is 16. The minimum Gasteiger partial charge on any atom is -0.462 e. The number of ether oxygens (including phenoxy) is 4. The van der Waals surface area contributed by atoms with Crippen molar-refractivity contribution in [2.45, 2.75) is 445 Å². The number of amides is 4. The van der Waals surface area contributed by atoms with Gasteiger partial charge in [0.15, 0.2) is 0 Å². The first-order valence-electron chi connectivity index (χ1n) is 46.6. The topological polar surface area (TPSA) is 299 Å². The van der Waals surface area contributed by atoms with E-state index in [1.54, 1.807) is 0 Å². The fourth-order valence-electron chi connectivity index (χ4n) is 13.5. The van der Waals surface area contributed by atoms with E-state index in [-0.39, 0.29) is 94.7 Å². The molecule has 0 aliphatic rings. The number of esters is 2. The Kier molecular flexibility index (Phi) is 79.2. The van der Waals surface area contributed by atoms with Gasteiger partial charge in [-0.1, -0.05) is 310 Å². The van der Waals surface area contributed by atoms with E-state index in [1.165, 1.54) is 141 Å². The van der Waals surface area contributed by atoms with Crippen LogP contribution >= 0.6 is 15.6 Å². The van der Waals surface area contributed by atoms with Gasteiger partial charge in [0.2, 0.25) is 23.6 Å². The Hall–Kier alpha value is -3.56. The van der Waals surface area contributed by atoms with Crippen molar-refractivity contribution in [2.75, 3.05) is 65.9 Å². The molecule has 0 saturated heterocycles. The quantitative estimate of drug-likeness (QED) is 0.0108. The van der Waals surface area contributed by atoms with Crippen LogP contribution in [0.5, 0.6) is 0 Å². The molecule has 0 aliphatic carbocycles. The number of phosphoric acid groups is 2. The highest BCUT2D eigenvalue weighted by Crippen LogP contribution is 2.44. The molecule has 0 radical (unpaired) electrons. The number of carbonyl (C=O) groups excluding carboxylic acids is 6. The van der Waals surface area contributed by atoms with Gasteiger partial charge in [-0.25, -0.2) is 9.13 Å². The van der Waals surface area contributed by atoms with Gasteiger partial charge in [0.1, 0.15) is 18.1 Å². The first-order chi connectivity index (χ1) is 55.4. The summed E-state index contributed by atoms with van der Waals surface area (Å²) in [6, 6.07) is -1.66. The van der Waals surface area contributed by atoms with Gasteiger partial charge in [-0.3, -0.25) is 46.9 Å². The van der Waals surface area contributed by atoms with Crippen LogP contribution in [0.1, 0.15) is 421 Å². The maximum absolute atomic E-state index is 13.7. The van der Waals surface area contributed by atoms with Crippen molar-refractivity contribution in [2.24, 2.45) is 5.92 Å². The van der Waals surface area contributed by atoms with Crippen molar-refractivity contribution in [1.82, 2.24) is 21.3 Å². The molecule has 6 N–H and O–H groups in total. The molecule has 0 aromatic carbocycles. The van der Waals surface area contributed by atoms with Crippen LogP contribution in [0.2, 0.25) is 0 Å². The molecule has 0 fully saturated rings. The molecule has 670 valence electrons. The highest BCUT2D eigenvalue weighted by molar-refractivity contribution is 7.47. The molecule has 0 aliphatic heterocycles. The Balaban J connectivity index is 5.90. The monoisotopic (exact) mass is 1660 g/mol. The Morgan fingerprint density at radius 3 is 0.921 bits per heavy atom. The molecule has 114 heavy (non-hydrogen) atoms. The zero-order chi connectivity index (χ0) is 83.7. The molecular weight excluding hydrogens is 1490 g/mol. The first kappa shape index (κ1) is 110. The lowest BCUT2D eigenvalue weighted by Crippen LogP contribution is -2.43. The van der Waals surface area contributed by atoms with Crippen LogP contribution in [0.4, 0.5) is 0 Å². The van der Waals surface area contributed by atoms with Crippen LogP contribution in [0.15, 0.2) is 24.3 Å². The highest BCUT2D eigenvalue weighted by Gasteiger charge is 2.30. The molecule has 24 heteroatoms. The summed E-state index contributed by atoms with van der Waals surface area (Å²) in [6.45, 7) is 13.2. The number of carbonyl (C=O) groups is 6. The lowest BCUT2D eigenvalue weighted by atomic mass is 9.99. The maximum atomic E-state index is 13.7. The average molecular weight is 1660 g/mol. The molecule has 22 nitrogen and oxygen atoms in total. The molecule has 0 spiro atoms. The van der Waals surface area contributed by atoms with Crippen LogP contribution in [-0.4, -0.2) is 136 Å². The Labute approximate surface area is 695 Å². The molecule has 4 unspecified atom stereocenters. The third kappa shape index (κ3) is 74.7. The second-order valence-corrected chi connectivity index (χ2v) is 34.6. The largest absolute Gasteiger partial charge is 0.472 e. The van der Waals surface area contributed by atoms with Crippen molar-refractivity contribution in [3.8, 4) is 0 Å². The van der Waals surface area contributed by atoms with E-state index in [9.17, 15) is 47.7 Å². The summed E-state index contributed by atoms with van der Waals surface area (Å²) in [5, 5.41) is 11.1. The standard InChI is InChI=1S/C90H172N4O18P2/c1-8-15-22-28-32-36-38-42-44-50-57-64-85(95)93-80(76-105-72-68-82(61-55-48-26-19-12-5)111-87(97)66-59-52-46-40-34-30-24-17-10-3)78-109-113(101,102)107-74-70-91-89(99)84(63-54-21-14-7)90(100)92-71-75-108-114(103,104)110-79-81(94-86(96)65-58-51-45-43-39-37-33-29-23-16-9-2)77-106-73-69-83(62-56-49-27-20-13-6)112-88(98)67-60-53-47-41-35-31-25-18-11-4/h40-41,46-47,80-84H,8-39,42-45,48-79H2,1-7H3,(H,91,99)(H,92,100)(H,93,95)(H,94,96)(H,101,102)(H,103,104)/b46-40-,47-41-/t80?,81?,82-,83-,84?/m1/s1. The molecular formula is C90H172N4O18P2. The molecule has 0 heterocycles. The summed E-state index contributed by atoms with van der Waals surface area (Å²) in [4.78, 5) is 102. The molecule has 0 aromatic heterocycles. The normalized spacial score (nSPS) is 14.1. The average Bonchev–Trinajstić information content (AvgIpc) is 0.894. The summed E-state index contributed by atoms with van der Waals surface area (Å²) in [5.74, 6) is -3.49. The van der Waals surface area contributed by atoms with Crippen LogP contribution in [0.25, 0.3) is 0 Å². The van der Waals surface area contributed by atoms with Crippen molar-refractivity contribution < 1.29 is 84.7 Å². The Bertz CT molecular complexity index is 2270. The second kappa shape index (κ2) is 81.8. The number of allylic oxidation sites excluding steroid dienone is 4. The lowest BCUT2D eigenvalue weighted by molar-refractivity contribution is -0.151. The van der Waals surface area contributed by atoms with Gasteiger partial charge < -0.3 is 50.0 Å². The summed E-state index contributed by atoms with van der Waals surface area (Å²) in [5.41, 5.74) is 0. The smallest absolute Gasteiger partial charge is 0.462 e. The Morgan fingerprint density at radius 1 is 0.307 bits per heavy atom. The van der Waals surface area contributed by atoms with Crippen LogP contribution in [0.3, 0.4) is 0 Å². The molecule has 0 saturated carbocycles. The predicted molar refractivity (Wildman–Crippen MR) is 464 cm³/mol. The van der Waals surface area contributed by atoms with Gasteiger partial charge in [0.05, 0.1) is 64.9 Å². The van der Waals surface area contributed by atoms with Crippen LogP contribution in [-0.2, 0) is 74.9 Å². The second-order valence-electron chi connectivity index (χ2n) is 31.7. The van der Waals surface area contributed by atoms with E-state index < -0.39 is 71.9 Å². The van der Waals surface area contributed by atoms with E-state index in [4.69, 9.17) is 37.0 Å². The van der Waals surface area contributed by atoms with Gasteiger partial charge in [-0.05, 0) is 96.3 Å². The minimum atomic E-state index is -4.77. The fraction of sp³-hybridized carbons (Fsp3) is 0.889. The van der Waals surface area contributed by atoms with Gasteiger partial charge in [-0.15, -0.1) is 0 Å². The Morgan fingerprint density at radius 2 is 0.588 bits per heavy atom. The first-order valence-corrected chi connectivity index (χ1v) is 49.6. The number of hydrogen-bond donors (Lipinski definition) is 6. The fourth-order valence-corrected chi connectivity index (χ4v) is 15.1. The van der Waals surface area contributed by atoms with Gasteiger partial charge in [0, 0.05) is 51.6 Å². The number of unbranched alkanes of at least 4 members (excludes halogenated alkanes) is 40. The zero-order valence-corrected chi connectivity index (χ0v) is 75.4. The van der Waals surface area contributed by atoms with E-state index in [0.29, 0.717) is 70.6 Å². The van der Waals surface area contributed by atoms with Gasteiger partial charge >= 0.3 is 27.6 Å². The zero-order valence-electron chi connectivity index (χ0n) is 73.6. The van der Waals surface area contributed by atoms with E-state index in [1.807, 2.05) is 6.92 Å². The van der Waals surface area contributed by atoms with Gasteiger partial charge in [-0.2, -0.15) is 0 Å². The van der Waals surface area contributed by atoms with Crippen LogP contribution in [0, 0.1) is 5.92 Å². The van der Waals surface area contributed by atoms with E-state index in [2.05, 4.69) is 87.1 Å². The van der Waals surface area contributed by atoms with Gasteiger partial charge in [0.25, 0.3) is 0 Å². The third-order valence-electron chi connectivity index (χ3n) is 20.6. The number of rotatable bonds is 88. The van der Waals surface area contributed by atoms with Crippen molar-refractivity contribution >= 4 is 51.2 Å². The van der Waals surface area contributed by atoms with Crippen molar-refractivity contribution in [3.05, 3.63) is 24.3 Å². The predicted octanol–water partition coefficient (Wildman–Crippen LogP) is 22.8. The molecule has 6 atom stereocenters. The minimum absolute atomic E-state index is 0.0540. The molecule has 0 rings (SSSR count).